The van der Waals surface area contributed by atoms with E-state index in [4.69, 9.17) is 9.47 Å². The van der Waals surface area contributed by atoms with E-state index in [1.807, 2.05) is 36.4 Å². The minimum absolute atomic E-state index is 0.331. The molecule has 0 aliphatic heterocycles. The standard InChI is InChI=1S/C17H14O3/c1-13(18)20-17-11-7-15(8-12-17)4-3-14-5-9-16(19-2)10-6-14/h5-12H,1-2H3. The first-order chi connectivity index (χ1) is 9.67. The summed E-state index contributed by atoms with van der Waals surface area (Å²) in [5.41, 5.74) is 1.77. The Morgan fingerprint density at radius 3 is 1.70 bits per heavy atom. The predicted molar refractivity (Wildman–Crippen MR) is 76.7 cm³/mol. The second-order valence-corrected chi connectivity index (χ2v) is 4.10. The van der Waals surface area contributed by atoms with E-state index in [9.17, 15) is 4.79 Å². The predicted octanol–water partition coefficient (Wildman–Crippen LogP) is 3.02. The lowest BCUT2D eigenvalue weighted by Gasteiger charge is -2.00. The van der Waals surface area contributed by atoms with Crippen molar-refractivity contribution in [1.82, 2.24) is 0 Å². The Balaban J connectivity index is 2.09. The zero-order valence-corrected chi connectivity index (χ0v) is 11.3. The maximum Gasteiger partial charge on any atom is 0.308 e. The minimum Gasteiger partial charge on any atom is -0.497 e. The lowest BCUT2D eigenvalue weighted by atomic mass is 10.2. The summed E-state index contributed by atoms with van der Waals surface area (Å²) in [4.78, 5) is 10.8. The van der Waals surface area contributed by atoms with Crippen LogP contribution in [-0.4, -0.2) is 13.1 Å². The summed E-state index contributed by atoms with van der Waals surface area (Å²) in [5, 5.41) is 0. The highest BCUT2D eigenvalue weighted by atomic mass is 16.5. The molecule has 0 aromatic heterocycles. The molecule has 0 fully saturated rings. The molecule has 0 radical (unpaired) electrons. The quantitative estimate of drug-likeness (QED) is 0.476. The van der Waals surface area contributed by atoms with Crippen LogP contribution in [0.25, 0.3) is 0 Å². The second-order valence-electron chi connectivity index (χ2n) is 4.10. The summed E-state index contributed by atoms with van der Waals surface area (Å²) in [6, 6.07) is 14.6. The molecular formula is C17H14O3. The number of rotatable bonds is 2. The molecule has 3 heteroatoms. The lowest BCUT2D eigenvalue weighted by Crippen LogP contribution is -2.00. The molecule has 0 N–H and O–H groups in total. The molecule has 2 aromatic rings. The van der Waals surface area contributed by atoms with E-state index in [0.717, 1.165) is 16.9 Å². The Hall–Kier alpha value is -2.73. The molecule has 0 bridgehead atoms. The summed E-state index contributed by atoms with van der Waals surface area (Å²) in [5.74, 6) is 7.10. The third-order valence-corrected chi connectivity index (χ3v) is 2.56. The van der Waals surface area contributed by atoms with E-state index in [1.54, 1.807) is 19.2 Å². The van der Waals surface area contributed by atoms with Crippen LogP contribution in [0.5, 0.6) is 11.5 Å². The van der Waals surface area contributed by atoms with Crippen LogP contribution in [0, 0.1) is 11.8 Å². The molecule has 3 nitrogen and oxygen atoms in total. The molecular weight excluding hydrogens is 252 g/mol. The minimum atomic E-state index is -0.331. The van der Waals surface area contributed by atoms with Crippen molar-refractivity contribution in [2.24, 2.45) is 0 Å². The molecule has 0 aliphatic carbocycles. The number of ether oxygens (including phenoxy) is 2. The van der Waals surface area contributed by atoms with Gasteiger partial charge >= 0.3 is 5.97 Å². The number of benzene rings is 2. The third-order valence-electron chi connectivity index (χ3n) is 2.56. The Bertz CT molecular complexity index is 643. The van der Waals surface area contributed by atoms with Crippen molar-refractivity contribution in [3.8, 4) is 23.3 Å². The zero-order valence-electron chi connectivity index (χ0n) is 11.3. The Morgan fingerprint density at radius 1 is 0.850 bits per heavy atom. The Morgan fingerprint density at radius 2 is 1.30 bits per heavy atom. The van der Waals surface area contributed by atoms with Crippen LogP contribution >= 0.6 is 0 Å². The van der Waals surface area contributed by atoms with Crippen LogP contribution < -0.4 is 9.47 Å². The van der Waals surface area contributed by atoms with Crippen molar-refractivity contribution < 1.29 is 14.3 Å². The average Bonchev–Trinajstić information content (AvgIpc) is 2.46. The van der Waals surface area contributed by atoms with Gasteiger partial charge in [-0.25, -0.2) is 0 Å². The van der Waals surface area contributed by atoms with Gasteiger partial charge in [0.05, 0.1) is 7.11 Å². The summed E-state index contributed by atoms with van der Waals surface area (Å²) in [6.07, 6.45) is 0. The summed E-state index contributed by atoms with van der Waals surface area (Å²) in [7, 11) is 1.63. The van der Waals surface area contributed by atoms with E-state index < -0.39 is 0 Å². The van der Waals surface area contributed by atoms with Crippen LogP contribution in [0.15, 0.2) is 48.5 Å². The fourth-order valence-electron chi connectivity index (χ4n) is 1.59. The average molecular weight is 266 g/mol. The molecule has 0 atom stereocenters. The highest BCUT2D eigenvalue weighted by Crippen LogP contribution is 2.13. The SMILES string of the molecule is COc1ccc(C#Cc2ccc(OC(C)=O)cc2)cc1. The zero-order chi connectivity index (χ0) is 14.4. The van der Waals surface area contributed by atoms with E-state index in [1.165, 1.54) is 6.92 Å². The van der Waals surface area contributed by atoms with Crippen molar-refractivity contribution in [2.45, 2.75) is 6.92 Å². The Labute approximate surface area is 118 Å². The molecule has 0 spiro atoms. The highest BCUT2D eigenvalue weighted by molar-refractivity contribution is 5.69. The maximum absolute atomic E-state index is 10.8. The van der Waals surface area contributed by atoms with Crippen molar-refractivity contribution >= 4 is 5.97 Å². The highest BCUT2D eigenvalue weighted by Gasteiger charge is 1.96. The van der Waals surface area contributed by atoms with Crippen molar-refractivity contribution in [2.75, 3.05) is 7.11 Å². The van der Waals surface area contributed by atoms with Crippen LogP contribution in [0.1, 0.15) is 18.1 Å². The normalized spacial score (nSPS) is 9.30. The van der Waals surface area contributed by atoms with Crippen molar-refractivity contribution in [3.05, 3.63) is 59.7 Å². The summed E-state index contributed by atoms with van der Waals surface area (Å²) in [6.45, 7) is 1.37. The van der Waals surface area contributed by atoms with Crippen LogP contribution in [0.2, 0.25) is 0 Å². The van der Waals surface area contributed by atoms with E-state index in [0.29, 0.717) is 5.75 Å². The molecule has 2 rings (SSSR count). The van der Waals surface area contributed by atoms with Crippen LogP contribution in [0.4, 0.5) is 0 Å². The van der Waals surface area contributed by atoms with Gasteiger partial charge in [-0.05, 0) is 48.5 Å². The monoisotopic (exact) mass is 266 g/mol. The van der Waals surface area contributed by atoms with Gasteiger partial charge in [0.15, 0.2) is 0 Å². The van der Waals surface area contributed by atoms with Gasteiger partial charge in [-0.3, -0.25) is 4.79 Å². The third kappa shape index (κ3) is 3.89. The van der Waals surface area contributed by atoms with Gasteiger partial charge in [0.25, 0.3) is 0 Å². The van der Waals surface area contributed by atoms with Gasteiger partial charge in [0.2, 0.25) is 0 Å². The molecule has 0 aliphatic rings. The first-order valence-electron chi connectivity index (χ1n) is 6.12. The largest absolute Gasteiger partial charge is 0.497 e. The number of carbonyl (C=O) groups is 1. The van der Waals surface area contributed by atoms with Gasteiger partial charge in [0, 0.05) is 18.1 Å². The van der Waals surface area contributed by atoms with Crippen LogP contribution in [0.3, 0.4) is 0 Å². The number of carbonyl (C=O) groups excluding carboxylic acids is 1. The second kappa shape index (κ2) is 6.44. The fourth-order valence-corrected chi connectivity index (χ4v) is 1.59. The van der Waals surface area contributed by atoms with E-state index in [2.05, 4.69) is 11.8 Å². The van der Waals surface area contributed by atoms with Gasteiger partial charge in [0.1, 0.15) is 11.5 Å². The molecule has 0 saturated carbocycles. The molecule has 100 valence electrons. The number of hydrogen-bond donors (Lipinski definition) is 0. The smallest absolute Gasteiger partial charge is 0.308 e. The number of esters is 1. The molecule has 0 unspecified atom stereocenters. The number of methoxy groups -OCH3 is 1. The first kappa shape index (κ1) is 13.7. The molecule has 0 saturated heterocycles. The van der Waals surface area contributed by atoms with E-state index >= 15 is 0 Å². The number of hydrogen-bond acceptors (Lipinski definition) is 3. The fraction of sp³-hybridized carbons (Fsp3) is 0.118. The van der Waals surface area contributed by atoms with Crippen LogP contribution in [-0.2, 0) is 4.79 Å². The molecule has 0 amide bonds. The first-order valence-corrected chi connectivity index (χ1v) is 6.12. The molecule has 20 heavy (non-hydrogen) atoms. The van der Waals surface area contributed by atoms with Crippen molar-refractivity contribution in [3.63, 3.8) is 0 Å². The topological polar surface area (TPSA) is 35.5 Å². The van der Waals surface area contributed by atoms with Gasteiger partial charge in [-0.15, -0.1) is 0 Å². The molecule has 2 aromatic carbocycles. The molecule has 0 heterocycles. The summed E-state index contributed by atoms with van der Waals surface area (Å²) < 4.78 is 10.0. The lowest BCUT2D eigenvalue weighted by molar-refractivity contribution is -0.131. The van der Waals surface area contributed by atoms with Gasteiger partial charge in [-0.2, -0.15) is 0 Å². The van der Waals surface area contributed by atoms with E-state index in [-0.39, 0.29) is 5.97 Å². The maximum atomic E-state index is 10.8. The summed E-state index contributed by atoms with van der Waals surface area (Å²) >= 11 is 0. The van der Waals surface area contributed by atoms with Gasteiger partial charge in [-0.1, -0.05) is 11.8 Å². The Kier molecular flexibility index (Phi) is 4.41. The van der Waals surface area contributed by atoms with Crippen molar-refractivity contribution in [1.29, 1.82) is 0 Å². The van der Waals surface area contributed by atoms with Gasteiger partial charge < -0.3 is 9.47 Å².